The van der Waals surface area contributed by atoms with Gasteiger partial charge in [0, 0.05) is 6.07 Å². The zero-order valence-corrected chi connectivity index (χ0v) is 8.91. The Morgan fingerprint density at radius 2 is 1.94 bits per heavy atom. The van der Waals surface area contributed by atoms with E-state index in [0.29, 0.717) is 5.52 Å². The van der Waals surface area contributed by atoms with Crippen molar-refractivity contribution in [2.24, 2.45) is 0 Å². The molecule has 1 N–H and O–H groups in total. The van der Waals surface area contributed by atoms with Gasteiger partial charge in [0.25, 0.3) is 0 Å². The van der Waals surface area contributed by atoms with Crippen LogP contribution in [0, 0.1) is 0 Å². The second kappa shape index (κ2) is 3.71. The summed E-state index contributed by atoms with van der Waals surface area (Å²) in [5, 5.41) is -0.111. The monoisotopic (exact) mass is 270 g/mol. The van der Waals surface area contributed by atoms with E-state index in [1.54, 1.807) is 0 Å². The highest BCUT2D eigenvalue weighted by atomic mass is 35.5. The highest BCUT2D eigenvalue weighted by molar-refractivity contribution is 6.33. The lowest BCUT2D eigenvalue weighted by atomic mass is 10.3. The van der Waals surface area contributed by atoms with E-state index in [9.17, 15) is 13.2 Å². The van der Waals surface area contributed by atoms with Gasteiger partial charge in [0.15, 0.2) is 0 Å². The average molecular weight is 271 g/mol. The van der Waals surface area contributed by atoms with Crippen LogP contribution in [-0.2, 0) is 0 Å². The Balaban J connectivity index is 2.49. The Hall–Kier alpha value is -1.14. The van der Waals surface area contributed by atoms with E-state index in [1.165, 1.54) is 6.07 Å². The first-order valence-corrected chi connectivity index (χ1v) is 4.71. The number of ether oxygens (including phenoxy) is 1. The summed E-state index contributed by atoms with van der Waals surface area (Å²) in [6.45, 7) is 0. The van der Waals surface area contributed by atoms with Gasteiger partial charge in [-0.3, -0.25) is 0 Å². The quantitative estimate of drug-likeness (QED) is 0.857. The van der Waals surface area contributed by atoms with Gasteiger partial charge < -0.3 is 9.72 Å². The molecule has 1 heterocycles. The average Bonchev–Trinajstić information content (AvgIpc) is 2.42. The molecule has 0 bridgehead atoms. The molecule has 0 aliphatic carbocycles. The van der Waals surface area contributed by atoms with Crippen LogP contribution >= 0.6 is 23.2 Å². The molecule has 1 aromatic heterocycles. The van der Waals surface area contributed by atoms with Crippen molar-refractivity contribution in [1.82, 2.24) is 9.97 Å². The minimum absolute atomic E-state index is 0.0650. The Morgan fingerprint density at radius 3 is 2.56 bits per heavy atom. The summed E-state index contributed by atoms with van der Waals surface area (Å²) in [5.41, 5.74) is 0.679. The van der Waals surface area contributed by atoms with E-state index in [2.05, 4.69) is 14.7 Å². The molecule has 1 aromatic carbocycles. The largest absolute Gasteiger partial charge is 0.573 e. The van der Waals surface area contributed by atoms with E-state index in [0.717, 1.165) is 6.07 Å². The third kappa shape index (κ3) is 2.33. The lowest BCUT2D eigenvalue weighted by Crippen LogP contribution is -2.17. The van der Waals surface area contributed by atoms with Crippen molar-refractivity contribution in [2.45, 2.75) is 6.36 Å². The zero-order valence-electron chi connectivity index (χ0n) is 7.40. The van der Waals surface area contributed by atoms with Crippen LogP contribution in [0.2, 0.25) is 10.3 Å². The summed E-state index contributed by atoms with van der Waals surface area (Å²) in [6, 6.07) is 2.32. The molecule has 86 valence electrons. The van der Waals surface area contributed by atoms with Gasteiger partial charge in [-0.25, -0.2) is 4.98 Å². The summed E-state index contributed by atoms with van der Waals surface area (Å²) in [4.78, 5) is 6.37. The maximum atomic E-state index is 12.0. The third-order valence-electron chi connectivity index (χ3n) is 1.73. The molecule has 8 heteroatoms. The van der Waals surface area contributed by atoms with E-state index >= 15 is 0 Å². The second-order valence-corrected chi connectivity index (χ2v) is 3.64. The molecule has 0 radical (unpaired) electrons. The van der Waals surface area contributed by atoms with Gasteiger partial charge >= 0.3 is 6.36 Å². The Bertz CT molecular complexity index is 538. The summed E-state index contributed by atoms with van der Waals surface area (Å²) in [5.74, 6) is -0.509. The maximum absolute atomic E-state index is 12.0. The second-order valence-electron chi connectivity index (χ2n) is 2.88. The zero-order chi connectivity index (χ0) is 11.9. The lowest BCUT2D eigenvalue weighted by molar-refractivity contribution is -0.274. The fraction of sp³-hybridized carbons (Fsp3) is 0.125. The van der Waals surface area contributed by atoms with Gasteiger partial charge in [-0.2, -0.15) is 0 Å². The molecule has 0 atom stereocenters. The van der Waals surface area contributed by atoms with E-state index in [-0.39, 0.29) is 15.8 Å². The predicted molar refractivity (Wildman–Crippen MR) is 52.8 cm³/mol. The van der Waals surface area contributed by atoms with Crippen molar-refractivity contribution >= 4 is 34.2 Å². The number of alkyl halides is 3. The molecule has 0 aliphatic heterocycles. The standard InChI is InChI=1S/C8H3Cl2F3N2O/c9-3-1-4-5(15-7(10)14-4)2-6(3)16-8(11,12)13/h1-2H,(H,14,15). The summed E-state index contributed by atoms with van der Waals surface area (Å²) in [6.07, 6.45) is -4.79. The number of halogens is 5. The molecule has 0 saturated carbocycles. The Labute approximate surface area is 97.1 Å². The number of rotatable bonds is 1. The predicted octanol–water partition coefficient (Wildman–Crippen LogP) is 3.77. The molecule has 2 rings (SSSR count). The van der Waals surface area contributed by atoms with Crippen molar-refractivity contribution in [2.75, 3.05) is 0 Å². The van der Waals surface area contributed by atoms with Crippen LogP contribution in [0.5, 0.6) is 5.75 Å². The number of aromatic amines is 1. The number of aromatic nitrogens is 2. The molecular weight excluding hydrogens is 268 g/mol. The molecular formula is C8H3Cl2F3N2O. The van der Waals surface area contributed by atoms with Crippen molar-refractivity contribution < 1.29 is 17.9 Å². The summed E-state index contributed by atoms with van der Waals surface area (Å²) in [7, 11) is 0. The highest BCUT2D eigenvalue weighted by Gasteiger charge is 2.32. The molecule has 2 aromatic rings. The topological polar surface area (TPSA) is 37.9 Å². The number of imidazole rings is 1. The molecule has 0 saturated heterocycles. The first-order valence-electron chi connectivity index (χ1n) is 3.96. The molecule has 0 spiro atoms. The minimum Gasteiger partial charge on any atom is -0.404 e. The van der Waals surface area contributed by atoms with Crippen LogP contribution in [-0.4, -0.2) is 16.3 Å². The first kappa shape index (κ1) is 11.3. The highest BCUT2D eigenvalue weighted by Crippen LogP contribution is 2.33. The van der Waals surface area contributed by atoms with Gasteiger partial charge in [-0.05, 0) is 17.7 Å². The van der Waals surface area contributed by atoms with Crippen LogP contribution in [0.15, 0.2) is 12.1 Å². The number of hydrogen-bond donors (Lipinski definition) is 1. The molecule has 0 fully saturated rings. The molecule has 16 heavy (non-hydrogen) atoms. The van der Waals surface area contributed by atoms with Crippen molar-refractivity contribution in [3.05, 3.63) is 22.4 Å². The number of nitrogens with one attached hydrogen (secondary N) is 1. The van der Waals surface area contributed by atoms with Crippen LogP contribution in [0.1, 0.15) is 0 Å². The minimum atomic E-state index is -4.79. The third-order valence-corrected chi connectivity index (χ3v) is 2.21. The molecule has 0 aliphatic rings. The molecule has 3 nitrogen and oxygen atoms in total. The van der Waals surface area contributed by atoms with E-state index < -0.39 is 12.1 Å². The Morgan fingerprint density at radius 1 is 1.25 bits per heavy atom. The lowest BCUT2D eigenvalue weighted by Gasteiger charge is -2.09. The molecule has 0 unspecified atom stereocenters. The fourth-order valence-electron chi connectivity index (χ4n) is 1.18. The van der Waals surface area contributed by atoms with Crippen molar-refractivity contribution in [3.8, 4) is 5.75 Å². The number of benzene rings is 1. The smallest absolute Gasteiger partial charge is 0.404 e. The first-order chi connectivity index (χ1) is 7.35. The van der Waals surface area contributed by atoms with E-state index in [1.807, 2.05) is 0 Å². The van der Waals surface area contributed by atoms with Gasteiger partial charge in [0.05, 0.1) is 16.1 Å². The van der Waals surface area contributed by atoms with Crippen molar-refractivity contribution in [1.29, 1.82) is 0 Å². The molecule has 0 amide bonds. The van der Waals surface area contributed by atoms with Crippen LogP contribution in [0.25, 0.3) is 11.0 Å². The normalized spacial score (nSPS) is 12.1. The fourth-order valence-corrected chi connectivity index (χ4v) is 1.58. The summed E-state index contributed by atoms with van der Waals surface area (Å²) >= 11 is 11.2. The van der Waals surface area contributed by atoms with Crippen LogP contribution in [0.3, 0.4) is 0 Å². The maximum Gasteiger partial charge on any atom is 0.573 e. The van der Waals surface area contributed by atoms with Gasteiger partial charge in [-0.1, -0.05) is 11.6 Å². The number of nitrogens with zero attached hydrogens (tertiary/aromatic N) is 1. The summed E-state index contributed by atoms with van der Waals surface area (Å²) < 4.78 is 39.7. The number of fused-ring (bicyclic) bond motifs is 1. The Kier molecular flexibility index (Phi) is 2.63. The number of hydrogen-bond acceptors (Lipinski definition) is 2. The van der Waals surface area contributed by atoms with Gasteiger partial charge in [0.1, 0.15) is 5.75 Å². The van der Waals surface area contributed by atoms with Gasteiger partial charge in [0.2, 0.25) is 5.28 Å². The van der Waals surface area contributed by atoms with Crippen LogP contribution < -0.4 is 4.74 Å². The SMILES string of the molecule is FC(F)(F)Oc1cc2nc(Cl)[nH]c2cc1Cl. The number of H-pyrrole nitrogens is 1. The van der Waals surface area contributed by atoms with Crippen molar-refractivity contribution in [3.63, 3.8) is 0 Å². The van der Waals surface area contributed by atoms with E-state index in [4.69, 9.17) is 23.2 Å². The van der Waals surface area contributed by atoms with Gasteiger partial charge in [-0.15, -0.1) is 13.2 Å². The van der Waals surface area contributed by atoms with Crippen LogP contribution in [0.4, 0.5) is 13.2 Å².